The third-order valence-corrected chi connectivity index (χ3v) is 4.61. The quantitative estimate of drug-likeness (QED) is 0.820. The smallest absolute Gasteiger partial charge is 0.318 e. The standard InChI is InChI=1S/C11H17ClN4O3S/c1-5-15(6-9(4)12)11(17)16-7-13-10(14-16)20(18,19)8(2)3/h7-8H,4-6H2,1-3H3. The highest BCUT2D eigenvalue weighted by molar-refractivity contribution is 7.91. The van der Waals surface area contributed by atoms with E-state index >= 15 is 0 Å². The van der Waals surface area contributed by atoms with E-state index in [0.717, 1.165) is 11.0 Å². The van der Waals surface area contributed by atoms with Gasteiger partial charge in [-0.3, -0.25) is 0 Å². The van der Waals surface area contributed by atoms with E-state index in [1.165, 1.54) is 18.7 Å². The molecule has 0 aliphatic rings. The molecule has 0 aromatic carbocycles. The maximum atomic E-state index is 12.1. The van der Waals surface area contributed by atoms with Gasteiger partial charge in [0, 0.05) is 11.6 Å². The lowest BCUT2D eigenvalue weighted by molar-refractivity contribution is 0.203. The molecule has 7 nitrogen and oxygen atoms in total. The van der Waals surface area contributed by atoms with Gasteiger partial charge in [-0.15, -0.1) is 5.10 Å². The van der Waals surface area contributed by atoms with Crippen molar-refractivity contribution in [1.29, 1.82) is 0 Å². The Morgan fingerprint density at radius 1 is 1.55 bits per heavy atom. The molecule has 0 unspecified atom stereocenters. The van der Waals surface area contributed by atoms with E-state index in [-0.39, 0.29) is 11.7 Å². The number of halogens is 1. The van der Waals surface area contributed by atoms with Crippen LogP contribution < -0.4 is 0 Å². The normalized spacial score (nSPS) is 11.7. The average Bonchev–Trinajstić information content (AvgIpc) is 2.84. The van der Waals surface area contributed by atoms with Crippen LogP contribution in [-0.4, -0.2) is 52.5 Å². The van der Waals surface area contributed by atoms with Crippen LogP contribution >= 0.6 is 11.6 Å². The molecule has 0 aliphatic carbocycles. The Morgan fingerprint density at radius 3 is 2.60 bits per heavy atom. The molecule has 1 rings (SSSR count). The summed E-state index contributed by atoms with van der Waals surface area (Å²) in [5, 5.41) is 3.02. The van der Waals surface area contributed by atoms with Crippen LogP contribution in [0.5, 0.6) is 0 Å². The van der Waals surface area contributed by atoms with Gasteiger partial charge in [-0.1, -0.05) is 18.2 Å². The highest BCUT2D eigenvalue weighted by atomic mass is 35.5. The van der Waals surface area contributed by atoms with E-state index in [4.69, 9.17) is 11.6 Å². The fourth-order valence-electron chi connectivity index (χ4n) is 1.35. The van der Waals surface area contributed by atoms with Crippen LogP contribution in [0.2, 0.25) is 0 Å². The summed E-state index contributed by atoms with van der Waals surface area (Å²) < 4.78 is 24.7. The van der Waals surface area contributed by atoms with Crippen molar-refractivity contribution in [2.45, 2.75) is 31.2 Å². The lowest BCUT2D eigenvalue weighted by Crippen LogP contribution is -2.35. The minimum atomic E-state index is -3.60. The molecule has 0 aliphatic heterocycles. The van der Waals surface area contributed by atoms with Gasteiger partial charge in [0.15, 0.2) is 0 Å². The number of carbonyl (C=O) groups is 1. The number of rotatable bonds is 5. The first-order chi connectivity index (χ1) is 9.20. The van der Waals surface area contributed by atoms with Gasteiger partial charge >= 0.3 is 6.03 Å². The van der Waals surface area contributed by atoms with Crippen molar-refractivity contribution in [2.75, 3.05) is 13.1 Å². The molecule has 0 atom stereocenters. The third kappa shape index (κ3) is 3.57. The number of hydrogen-bond acceptors (Lipinski definition) is 5. The number of amides is 1. The first-order valence-electron chi connectivity index (χ1n) is 5.98. The Balaban J connectivity index is 3.02. The molecule has 0 saturated carbocycles. The summed E-state index contributed by atoms with van der Waals surface area (Å²) in [6, 6.07) is -0.507. The third-order valence-electron chi connectivity index (χ3n) is 2.56. The second kappa shape index (κ2) is 6.36. The summed E-state index contributed by atoms with van der Waals surface area (Å²) >= 11 is 5.67. The van der Waals surface area contributed by atoms with E-state index in [1.807, 2.05) is 0 Å². The zero-order valence-corrected chi connectivity index (χ0v) is 13.1. The first-order valence-corrected chi connectivity index (χ1v) is 7.90. The summed E-state index contributed by atoms with van der Waals surface area (Å²) in [4.78, 5) is 17.2. The van der Waals surface area contributed by atoms with E-state index < -0.39 is 21.1 Å². The van der Waals surface area contributed by atoms with Crippen LogP contribution in [0.4, 0.5) is 4.79 Å². The van der Waals surface area contributed by atoms with E-state index in [0.29, 0.717) is 11.6 Å². The molecule has 1 amide bonds. The van der Waals surface area contributed by atoms with E-state index in [9.17, 15) is 13.2 Å². The number of sulfone groups is 1. The molecule has 0 spiro atoms. The molecule has 9 heteroatoms. The minimum absolute atomic E-state index is 0.156. The summed E-state index contributed by atoms with van der Waals surface area (Å²) in [6.07, 6.45) is 1.08. The van der Waals surface area contributed by atoms with Crippen LogP contribution in [0.15, 0.2) is 23.1 Å². The zero-order valence-electron chi connectivity index (χ0n) is 11.6. The van der Waals surface area contributed by atoms with E-state index in [2.05, 4.69) is 16.7 Å². The van der Waals surface area contributed by atoms with Gasteiger partial charge in [-0.2, -0.15) is 4.68 Å². The van der Waals surface area contributed by atoms with Gasteiger partial charge in [0.2, 0.25) is 9.84 Å². The maximum absolute atomic E-state index is 12.1. The second-order valence-corrected chi connectivity index (χ2v) is 7.31. The van der Waals surface area contributed by atoms with E-state index in [1.54, 1.807) is 6.92 Å². The van der Waals surface area contributed by atoms with Crippen LogP contribution in [-0.2, 0) is 9.84 Å². The van der Waals surface area contributed by atoms with Crippen molar-refractivity contribution in [3.8, 4) is 0 Å². The van der Waals surface area contributed by atoms with Crippen molar-refractivity contribution in [3.05, 3.63) is 17.9 Å². The lowest BCUT2D eigenvalue weighted by atomic mass is 10.5. The van der Waals surface area contributed by atoms with Gasteiger partial charge in [-0.05, 0) is 20.8 Å². The monoisotopic (exact) mass is 320 g/mol. The molecular weight excluding hydrogens is 304 g/mol. The van der Waals surface area contributed by atoms with Gasteiger partial charge in [0.1, 0.15) is 6.33 Å². The summed E-state index contributed by atoms with van der Waals surface area (Å²) in [7, 11) is -3.60. The largest absolute Gasteiger partial charge is 0.346 e. The van der Waals surface area contributed by atoms with Crippen LogP contribution in [0, 0.1) is 0 Å². The molecule has 0 N–H and O–H groups in total. The molecule has 0 saturated heterocycles. The van der Waals surface area contributed by atoms with Gasteiger partial charge in [0.25, 0.3) is 5.16 Å². The number of likely N-dealkylation sites (N-methyl/N-ethyl adjacent to an activating group) is 1. The van der Waals surface area contributed by atoms with Crippen molar-refractivity contribution in [1.82, 2.24) is 19.7 Å². The SMILES string of the molecule is C=C(Cl)CN(CC)C(=O)n1cnc(S(=O)(=O)C(C)C)n1. The molecule has 112 valence electrons. The minimum Gasteiger partial charge on any atom is -0.318 e. The van der Waals surface area contributed by atoms with Gasteiger partial charge < -0.3 is 4.90 Å². The molecular formula is C11H17ClN4O3S. The predicted molar refractivity (Wildman–Crippen MR) is 75.4 cm³/mol. The Hall–Kier alpha value is -1.41. The fourth-order valence-corrected chi connectivity index (χ4v) is 2.31. The van der Waals surface area contributed by atoms with Crippen molar-refractivity contribution >= 4 is 27.5 Å². The molecule has 0 fully saturated rings. The summed E-state index contributed by atoms with van der Waals surface area (Å²) in [6.45, 7) is 8.87. The molecule has 1 heterocycles. The molecule has 1 aromatic heterocycles. The number of hydrogen-bond donors (Lipinski definition) is 0. The van der Waals surface area contributed by atoms with Crippen molar-refractivity contribution < 1.29 is 13.2 Å². The summed E-state index contributed by atoms with van der Waals surface area (Å²) in [5.74, 6) is 0. The van der Waals surface area contributed by atoms with Crippen LogP contribution in [0.25, 0.3) is 0 Å². The zero-order chi connectivity index (χ0) is 15.5. The Kier molecular flexibility index (Phi) is 5.29. The predicted octanol–water partition coefficient (Wildman–Crippen LogP) is 1.50. The Labute approximate surface area is 123 Å². The highest BCUT2D eigenvalue weighted by Crippen LogP contribution is 2.11. The van der Waals surface area contributed by atoms with Crippen molar-refractivity contribution in [2.24, 2.45) is 0 Å². The average molecular weight is 321 g/mol. The second-order valence-electron chi connectivity index (χ2n) is 4.38. The van der Waals surface area contributed by atoms with Crippen LogP contribution in [0.3, 0.4) is 0 Å². The number of nitrogens with zero attached hydrogens (tertiary/aromatic N) is 4. The van der Waals surface area contributed by atoms with Crippen molar-refractivity contribution in [3.63, 3.8) is 0 Å². The van der Waals surface area contributed by atoms with Crippen LogP contribution in [0.1, 0.15) is 20.8 Å². The fraction of sp³-hybridized carbons (Fsp3) is 0.545. The first kappa shape index (κ1) is 16.6. The molecule has 20 heavy (non-hydrogen) atoms. The Morgan fingerprint density at radius 2 is 2.15 bits per heavy atom. The molecule has 1 aromatic rings. The number of aromatic nitrogens is 3. The molecule has 0 radical (unpaired) electrons. The van der Waals surface area contributed by atoms with Gasteiger partial charge in [-0.25, -0.2) is 18.2 Å². The maximum Gasteiger partial charge on any atom is 0.346 e. The summed E-state index contributed by atoms with van der Waals surface area (Å²) in [5.41, 5.74) is 0. The lowest BCUT2D eigenvalue weighted by Gasteiger charge is -2.19. The van der Waals surface area contributed by atoms with Gasteiger partial charge in [0.05, 0.1) is 11.8 Å². The number of carbonyl (C=O) groups excluding carboxylic acids is 1. The molecule has 0 bridgehead atoms. The highest BCUT2D eigenvalue weighted by Gasteiger charge is 2.26. The topological polar surface area (TPSA) is 85.2 Å². The Bertz CT molecular complexity index is 609.